The van der Waals surface area contributed by atoms with E-state index in [2.05, 4.69) is 48.5 Å². The molecule has 0 fully saturated rings. The summed E-state index contributed by atoms with van der Waals surface area (Å²) >= 11 is 0. The van der Waals surface area contributed by atoms with Crippen LogP contribution in [0.4, 0.5) is 0 Å². The van der Waals surface area contributed by atoms with E-state index in [1.807, 2.05) is 19.1 Å². The van der Waals surface area contributed by atoms with E-state index in [9.17, 15) is 9.59 Å². The third kappa shape index (κ3) is 6.24. The van der Waals surface area contributed by atoms with Gasteiger partial charge in [0.1, 0.15) is 5.76 Å². The fourth-order valence-electron chi connectivity index (χ4n) is 2.62. The van der Waals surface area contributed by atoms with Gasteiger partial charge >= 0.3 is 0 Å². The minimum atomic E-state index is -0.108. The van der Waals surface area contributed by atoms with Crippen molar-refractivity contribution < 1.29 is 14.0 Å². The number of oxazole rings is 1. The molecule has 6 heteroatoms. The predicted octanol–water partition coefficient (Wildman–Crippen LogP) is 3.13. The molecule has 1 aromatic carbocycles. The number of carbonyl (C=O) groups excluding carboxylic acids is 2. The normalized spacial score (nSPS) is 11.3. The fraction of sp³-hybridized carbons (Fsp3) is 0.476. The van der Waals surface area contributed by atoms with Crippen LogP contribution >= 0.6 is 0 Å². The molecule has 0 bridgehead atoms. The van der Waals surface area contributed by atoms with Gasteiger partial charge < -0.3 is 15.1 Å². The van der Waals surface area contributed by atoms with Gasteiger partial charge in [-0.05, 0) is 36.5 Å². The molecule has 0 spiro atoms. The molecule has 1 heterocycles. The van der Waals surface area contributed by atoms with Gasteiger partial charge in [0.25, 0.3) is 0 Å². The zero-order valence-corrected chi connectivity index (χ0v) is 16.8. The summed E-state index contributed by atoms with van der Waals surface area (Å²) in [5, 5.41) is 5.53. The minimum Gasteiger partial charge on any atom is -0.441 e. The highest BCUT2D eigenvalue weighted by atomic mass is 16.4. The monoisotopic (exact) mass is 371 g/mol. The molecule has 0 aliphatic heterocycles. The molecule has 2 amide bonds. The van der Waals surface area contributed by atoms with Crippen LogP contribution in [0.25, 0.3) is 11.5 Å². The first kappa shape index (κ1) is 20.7. The van der Waals surface area contributed by atoms with Gasteiger partial charge in [-0.1, -0.05) is 32.9 Å². The second kappa shape index (κ2) is 8.84. The SMILES string of the molecule is CC(=O)NCCCNC(=O)Cc1nc(-c2ccc(C(C)(C)C)cc2)oc1C. The van der Waals surface area contributed by atoms with E-state index in [-0.39, 0.29) is 23.7 Å². The first-order valence-corrected chi connectivity index (χ1v) is 9.25. The molecule has 0 radical (unpaired) electrons. The molecule has 2 N–H and O–H groups in total. The standard InChI is InChI=1S/C21H29N3O3/c1-14-18(13-19(26)23-12-6-11-22-15(2)25)24-20(27-14)16-7-9-17(10-8-16)21(3,4)5/h7-10H,6,11-13H2,1-5H3,(H,22,25)(H,23,26). The van der Waals surface area contributed by atoms with Gasteiger partial charge in [-0.15, -0.1) is 0 Å². The average Bonchev–Trinajstić information content (AvgIpc) is 2.94. The maximum Gasteiger partial charge on any atom is 0.226 e. The number of nitrogens with one attached hydrogen (secondary N) is 2. The summed E-state index contributed by atoms with van der Waals surface area (Å²) in [5.41, 5.74) is 2.87. The molecule has 0 aliphatic rings. The molecule has 0 atom stereocenters. The average molecular weight is 371 g/mol. The molecular formula is C21H29N3O3. The van der Waals surface area contributed by atoms with Gasteiger partial charge in [0, 0.05) is 25.6 Å². The smallest absolute Gasteiger partial charge is 0.226 e. The van der Waals surface area contributed by atoms with E-state index < -0.39 is 0 Å². The van der Waals surface area contributed by atoms with Gasteiger partial charge in [0.05, 0.1) is 12.1 Å². The van der Waals surface area contributed by atoms with Crippen molar-refractivity contribution in [2.45, 2.75) is 52.9 Å². The van der Waals surface area contributed by atoms with Crippen molar-refractivity contribution in [3.05, 3.63) is 41.3 Å². The number of aryl methyl sites for hydroxylation is 1. The molecular weight excluding hydrogens is 342 g/mol. The third-order valence-electron chi connectivity index (χ3n) is 4.27. The van der Waals surface area contributed by atoms with E-state index >= 15 is 0 Å². The van der Waals surface area contributed by atoms with E-state index in [0.29, 0.717) is 36.9 Å². The van der Waals surface area contributed by atoms with Gasteiger partial charge in [-0.2, -0.15) is 0 Å². The second-order valence-corrected chi connectivity index (χ2v) is 7.71. The Balaban J connectivity index is 1.94. The van der Waals surface area contributed by atoms with E-state index in [1.54, 1.807) is 0 Å². The largest absolute Gasteiger partial charge is 0.441 e. The quantitative estimate of drug-likeness (QED) is 0.733. The lowest BCUT2D eigenvalue weighted by atomic mass is 9.87. The van der Waals surface area contributed by atoms with E-state index in [4.69, 9.17) is 4.42 Å². The second-order valence-electron chi connectivity index (χ2n) is 7.71. The first-order valence-electron chi connectivity index (χ1n) is 9.25. The number of hydrogen-bond acceptors (Lipinski definition) is 4. The molecule has 0 aliphatic carbocycles. The van der Waals surface area contributed by atoms with Crippen molar-refractivity contribution >= 4 is 11.8 Å². The summed E-state index contributed by atoms with van der Waals surface area (Å²) in [7, 11) is 0. The van der Waals surface area contributed by atoms with E-state index in [1.165, 1.54) is 12.5 Å². The van der Waals surface area contributed by atoms with Crippen LogP contribution in [0.1, 0.15) is 51.1 Å². The Morgan fingerprint density at radius 3 is 2.30 bits per heavy atom. The van der Waals surface area contributed by atoms with Crippen molar-refractivity contribution in [2.75, 3.05) is 13.1 Å². The van der Waals surface area contributed by atoms with Crippen LogP contribution in [0.3, 0.4) is 0 Å². The molecule has 2 rings (SSSR count). The topological polar surface area (TPSA) is 84.2 Å². The Hall–Kier alpha value is -2.63. The Morgan fingerprint density at radius 2 is 1.70 bits per heavy atom. The molecule has 1 aromatic heterocycles. The fourth-order valence-corrected chi connectivity index (χ4v) is 2.62. The minimum absolute atomic E-state index is 0.0670. The predicted molar refractivity (Wildman–Crippen MR) is 105 cm³/mol. The lowest BCUT2D eigenvalue weighted by molar-refractivity contribution is -0.120. The maximum absolute atomic E-state index is 12.1. The molecule has 2 aromatic rings. The summed E-state index contributed by atoms with van der Waals surface area (Å²) in [6.07, 6.45) is 0.865. The van der Waals surface area contributed by atoms with Crippen molar-refractivity contribution in [3.8, 4) is 11.5 Å². The summed E-state index contributed by atoms with van der Waals surface area (Å²) in [5.74, 6) is 1.01. The number of carbonyl (C=O) groups is 2. The van der Waals surface area contributed by atoms with Crippen LogP contribution in [-0.2, 0) is 21.4 Å². The number of amides is 2. The number of nitrogens with zero attached hydrogens (tertiary/aromatic N) is 1. The number of benzene rings is 1. The van der Waals surface area contributed by atoms with Gasteiger partial charge in [0.2, 0.25) is 17.7 Å². The highest BCUT2D eigenvalue weighted by Gasteiger charge is 2.16. The molecule has 0 unspecified atom stereocenters. The number of aromatic nitrogens is 1. The Bertz CT molecular complexity index is 786. The van der Waals surface area contributed by atoms with Gasteiger partial charge in [0.15, 0.2) is 0 Å². The Labute approximate surface area is 160 Å². The van der Waals surface area contributed by atoms with Crippen molar-refractivity contribution in [1.82, 2.24) is 15.6 Å². The highest BCUT2D eigenvalue weighted by Crippen LogP contribution is 2.27. The zero-order chi connectivity index (χ0) is 20.0. The van der Waals surface area contributed by atoms with Crippen LogP contribution in [-0.4, -0.2) is 29.9 Å². The van der Waals surface area contributed by atoms with Crippen LogP contribution in [0, 0.1) is 6.92 Å². The van der Waals surface area contributed by atoms with Crippen LogP contribution < -0.4 is 10.6 Å². The Kier molecular flexibility index (Phi) is 6.77. The van der Waals surface area contributed by atoms with Gasteiger partial charge in [-0.3, -0.25) is 9.59 Å². The number of rotatable bonds is 7. The maximum atomic E-state index is 12.1. The lowest BCUT2D eigenvalue weighted by Crippen LogP contribution is -2.29. The molecule has 27 heavy (non-hydrogen) atoms. The first-order chi connectivity index (χ1) is 12.7. The summed E-state index contributed by atoms with van der Waals surface area (Å²) in [6.45, 7) is 10.9. The molecule has 6 nitrogen and oxygen atoms in total. The highest BCUT2D eigenvalue weighted by molar-refractivity contribution is 5.78. The molecule has 0 saturated heterocycles. The van der Waals surface area contributed by atoms with Crippen molar-refractivity contribution in [3.63, 3.8) is 0 Å². The summed E-state index contributed by atoms with van der Waals surface area (Å²) in [6, 6.07) is 8.15. The van der Waals surface area contributed by atoms with Crippen LogP contribution in [0.15, 0.2) is 28.7 Å². The van der Waals surface area contributed by atoms with Crippen molar-refractivity contribution in [1.29, 1.82) is 0 Å². The van der Waals surface area contributed by atoms with Crippen molar-refractivity contribution in [2.24, 2.45) is 0 Å². The lowest BCUT2D eigenvalue weighted by Gasteiger charge is -2.18. The molecule has 146 valence electrons. The van der Waals surface area contributed by atoms with E-state index in [0.717, 1.165) is 5.56 Å². The third-order valence-corrected chi connectivity index (χ3v) is 4.27. The van der Waals surface area contributed by atoms with Crippen LogP contribution in [0.2, 0.25) is 0 Å². The Morgan fingerprint density at radius 1 is 1.07 bits per heavy atom. The number of hydrogen-bond donors (Lipinski definition) is 2. The van der Waals surface area contributed by atoms with Crippen LogP contribution in [0.5, 0.6) is 0 Å². The summed E-state index contributed by atoms with van der Waals surface area (Å²) in [4.78, 5) is 27.4. The van der Waals surface area contributed by atoms with Gasteiger partial charge in [-0.25, -0.2) is 4.98 Å². The molecule has 0 saturated carbocycles. The zero-order valence-electron chi connectivity index (χ0n) is 16.8. The summed E-state index contributed by atoms with van der Waals surface area (Å²) < 4.78 is 5.76.